The number of hydrogen-bond acceptors (Lipinski definition) is 5. The van der Waals surface area contributed by atoms with Gasteiger partial charge in [-0.15, -0.1) is 13.2 Å². The summed E-state index contributed by atoms with van der Waals surface area (Å²) in [6.45, 7) is 1.71. The minimum absolute atomic E-state index is 0.00818. The van der Waals surface area contributed by atoms with Crippen molar-refractivity contribution in [2.45, 2.75) is 13.3 Å². The van der Waals surface area contributed by atoms with Crippen LogP contribution in [0, 0.1) is 12.7 Å². The van der Waals surface area contributed by atoms with Gasteiger partial charge in [0.2, 0.25) is 5.43 Å². The maximum absolute atomic E-state index is 14.4. The van der Waals surface area contributed by atoms with Crippen molar-refractivity contribution in [3.05, 3.63) is 94.8 Å². The van der Waals surface area contributed by atoms with Crippen LogP contribution < -0.4 is 10.2 Å². The van der Waals surface area contributed by atoms with Crippen LogP contribution in [-0.2, 0) is 0 Å². The molecule has 7 nitrogen and oxygen atoms in total. The fourth-order valence-electron chi connectivity index (χ4n) is 3.72. The molecule has 3 heterocycles. The van der Waals surface area contributed by atoms with Gasteiger partial charge in [-0.2, -0.15) is 10.2 Å². The SMILES string of the molecule is Cc1cc(-n2nccc2-c2nn(-c3cccc(OC(F)(F)F)c3)ccc2=O)c2cccc(F)c2n1. The van der Waals surface area contributed by atoms with E-state index < -0.39 is 23.4 Å². The van der Waals surface area contributed by atoms with Gasteiger partial charge in [0.25, 0.3) is 0 Å². The van der Waals surface area contributed by atoms with E-state index in [1.165, 1.54) is 46.0 Å². The highest BCUT2D eigenvalue weighted by atomic mass is 19.4. The van der Waals surface area contributed by atoms with Gasteiger partial charge in [0.05, 0.1) is 23.3 Å². The zero-order valence-corrected chi connectivity index (χ0v) is 18.0. The standard InChI is InChI=1S/C24H15F4N5O2/c1-14-12-20(17-6-3-7-18(25)22(17)30-14)33-19(8-10-29-33)23-21(34)9-11-32(31-23)15-4-2-5-16(13-15)35-24(26,27)28/h2-13H,1H3. The van der Waals surface area contributed by atoms with Crippen LogP contribution in [0.15, 0.2) is 77.9 Å². The van der Waals surface area contributed by atoms with E-state index in [1.54, 1.807) is 31.2 Å². The lowest BCUT2D eigenvalue weighted by Gasteiger charge is -2.13. The van der Waals surface area contributed by atoms with Gasteiger partial charge in [0.1, 0.15) is 17.1 Å². The summed E-state index contributed by atoms with van der Waals surface area (Å²) < 4.78 is 59.0. The van der Waals surface area contributed by atoms with Crippen molar-refractivity contribution in [2.24, 2.45) is 0 Å². The van der Waals surface area contributed by atoms with Gasteiger partial charge in [-0.25, -0.2) is 18.7 Å². The van der Waals surface area contributed by atoms with Crippen molar-refractivity contribution in [3.63, 3.8) is 0 Å². The number of rotatable bonds is 4. The van der Waals surface area contributed by atoms with Crippen LogP contribution in [0.4, 0.5) is 17.6 Å². The Labute approximate surface area is 194 Å². The predicted molar refractivity (Wildman–Crippen MR) is 119 cm³/mol. The number of halogens is 4. The number of ether oxygens (including phenoxy) is 1. The molecule has 0 saturated heterocycles. The van der Waals surface area contributed by atoms with Crippen molar-refractivity contribution < 1.29 is 22.3 Å². The van der Waals surface area contributed by atoms with Crippen LogP contribution in [0.2, 0.25) is 0 Å². The summed E-state index contributed by atoms with van der Waals surface area (Å²) in [4.78, 5) is 17.0. The number of aromatic nitrogens is 5. The highest BCUT2D eigenvalue weighted by Crippen LogP contribution is 2.28. The molecule has 0 bridgehead atoms. The number of pyridine rings is 1. The van der Waals surface area contributed by atoms with E-state index in [4.69, 9.17) is 0 Å². The molecule has 176 valence electrons. The van der Waals surface area contributed by atoms with Crippen molar-refractivity contribution in [1.82, 2.24) is 24.5 Å². The van der Waals surface area contributed by atoms with E-state index in [0.717, 1.165) is 12.1 Å². The first-order valence-corrected chi connectivity index (χ1v) is 10.3. The number of hydrogen-bond donors (Lipinski definition) is 0. The zero-order valence-electron chi connectivity index (χ0n) is 18.0. The molecular formula is C24H15F4N5O2. The van der Waals surface area contributed by atoms with E-state index in [-0.39, 0.29) is 16.9 Å². The largest absolute Gasteiger partial charge is 0.573 e. The summed E-state index contributed by atoms with van der Waals surface area (Å²) in [5, 5.41) is 9.14. The van der Waals surface area contributed by atoms with Gasteiger partial charge >= 0.3 is 6.36 Å². The molecule has 3 aromatic heterocycles. The molecule has 0 radical (unpaired) electrons. The molecule has 2 aromatic carbocycles. The lowest BCUT2D eigenvalue weighted by Crippen LogP contribution is -2.17. The number of para-hydroxylation sites is 1. The summed E-state index contributed by atoms with van der Waals surface area (Å²) >= 11 is 0. The predicted octanol–water partition coefficient (Wildman–Crippen LogP) is 4.98. The number of benzene rings is 2. The second-order valence-electron chi connectivity index (χ2n) is 7.57. The smallest absolute Gasteiger partial charge is 0.406 e. The molecule has 0 atom stereocenters. The maximum atomic E-state index is 14.4. The fraction of sp³-hybridized carbons (Fsp3) is 0.0833. The first kappa shape index (κ1) is 22.3. The molecule has 0 N–H and O–H groups in total. The fourth-order valence-corrected chi connectivity index (χ4v) is 3.72. The van der Waals surface area contributed by atoms with Crippen LogP contribution in [0.3, 0.4) is 0 Å². The third-order valence-electron chi connectivity index (χ3n) is 5.13. The van der Waals surface area contributed by atoms with Gasteiger partial charge in [-0.05, 0) is 37.3 Å². The van der Waals surface area contributed by atoms with Gasteiger partial charge < -0.3 is 4.74 Å². The van der Waals surface area contributed by atoms with Crippen LogP contribution in [-0.4, -0.2) is 30.9 Å². The molecule has 11 heteroatoms. The Kier molecular flexibility index (Phi) is 5.31. The summed E-state index contributed by atoms with van der Waals surface area (Å²) in [6.07, 6.45) is -2.05. The average molecular weight is 481 g/mol. The third kappa shape index (κ3) is 4.35. The van der Waals surface area contributed by atoms with Gasteiger partial charge in [0, 0.05) is 29.4 Å². The topological polar surface area (TPSA) is 74.8 Å². The van der Waals surface area contributed by atoms with Crippen molar-refractivity contribution in [1.29, 1.82) is 0 Å². The first-order chi connectivity index (χ1) is 16.7. The lowest BCUT2D eigenvalue weighted by molar-refractivity contribution is -0.274. The van der Waals surface area contributed by atoms with E-state index in [1.807, 2.05) is 0 Å². The number of aryl methyl sites for hydroxylation is 1. The third-order valence-corrected chi connectivity index (χ3v) is 5.13. The maximum Gasteiger partial charge on any atom is 0.573 e. The molecule has 0 unspecified atom stereocenters. The number of fused-ring (bicyclic) bond motifs is 1. The molecule has 0 aliphatic heterocycles. The first-order valence-electron chi connectivity index (χ1n) is 10.3. The normalized spacial score (nSPS) is 11.7. The van der Waals surface area contributed by atoms with Crippen molar-refractivity contribution >= 4 is 10.9 Å². The van der Waals surface area contributed by atoms with Crippen molar-refractivity contribution in [2.75, 3.05) is 0 Å². The Morgan fingerprint density at radius 3 is 2.60 bits per heavy atom. The molecule has 0 spiro atoms. The Hall–Kier alpha value is -4.54. The second-order valence-corrected chi connectivity index (χ2v) is 7.57. The van der Waals surface area contributed by atoms with E-state index in [0.29, 0.717) is 22.5 Å². The summed E-state index contributed by atoms with van der Waals surface area (Å²) in [5.74, 6) is -0.926. The van der Waals surface area contributed by atoms with Gasteiger partial charge in [-0.1, -0.05) is 18.2 Å². The van der Waals surface area contributed by atoms with E-state index in [9.17, 15) is 22.4 Å². The van der Waals surface area contributed by atoms with Crippen LogP contribution >= 0.6 is 0 Å². The molecule has 0 aliphatic carbocycles. The van der Waals surface area contributed by atoms with Crippen LogP contribution in [0.5, 0.6) is 5.75 Å². The Balaban J connectivity index is 1.64. The quantitative estimate of drug-likeness (QED) is 0.339. The highest BCUT2D eigenvalue weighted by Gasteiger charge is 2.31. The van der Waals surface area contributed by atoms with Gasteiger partial charge in [-0.3, -0.25) is 4.79 Å². The van der Waals surface area contributed by atoms with E-state index >= 15 is 0 Å². The van der Waals surface area contributed by atoms with E-state index in [2.05, 4.69) is 19.9 Å². The Morgan fingerprint density at radius 2 is 1.80 bits per heavy atom. The monoisotopic (exact) mass is 481 g/mol. The molecule has 0 saturated carbocycles. The minimum atomic E-state index is -4.85. The molecule has 0 fully saturated rings. The summed E-state index contributed by atoms with van der Waals surface area (Å²) in [7, 11) is 0. The molecule has 0 amide bonds. The summed E-state index contributed by atoms with van der Waals surface area (Å²) in [5.41, 5.74) is 1.29. The molecule has 5 rings (SSSR count). The molecule has 5 aromatic rings. The number of alkyl halides is 3. The minimum Gasteiger partial charge on any atom is -0.406 e. The summed E-state index contributed by atoms with van der Waals surface area (Å²) in [6, 6.07) is 14.3. The van der Waals surface area contributed by atoms with Crippen LogP contribution in [0.1, 0.15) is 5.69 Å². The Morgan fingerprint density at radius 1 is 1.00 bits per heavy atom. The van der Waals surface area contributed by atoms with Gasteiger partial charge in [0.15, 0.2) is 5.69 Å². The Bertz CT molecular complexity index is 1620. The highest BCUT2D eigenvalue weighted by molar-refractivity contribution is 5.88. The number of nitrogens with zero attached hydrogens (tertiary/aromatic N) is 5. The zero-order chi connectivity index (χ0) is 24.7. The molecular weight excluding hydrogens is 466 g/mol. The average Bonchev–Trinajstić information content (AvgIpc) is 3.28. The lowest BCUT2D eigenvalue weighted by atomic mass is 10.1. The van der Waals surface area contributed by atoms with Crippen LogP contribution in [0.25, 0.3) is 33.7 Å². The second kappa shape index (κ2) is 8.35. The van der Waals surface area contributed by atoms with Crippen molar-refractivity contribution in [3.8, 4) is 28.5 Å². The molecule has 35 heavy (non-hydrogen) atoms. The molecule has 0 aliphatic rings.